The monoisotopic (exact) mass is 258 g/mol. The van der Waals surface area contributed by atoms with Crippen molar-refractivity contribution in [2.24, 2.45) is 0 Å². The number of fused-ring (bicyclic) bond motifs is 1. The number of hydrogen-bond donors (Lipinski definition) is 0. The summed E-state index contributed by atoms with van der Waals surface area (Å²) in [4.78, 5) is 1.39. The second kappa shape index (κ2) is 7.88. The van der Waals surface area contributed by atoms with Crippen LogP contribution in [0.15, 0.2) is 42.5 Å². The van der Waals surface area contributed by atoms with Gasteiger partial charge in [0.1, 0.15) is 0 Å². The average molecular weight is 258 g/mol. The van der Waals surface area contributed by atoms with Crippen molar-refractivity contribution in [1.29, 1.82) is 0 Å². The molecule has 2 rings (SSSR count). The molecule has 0 N–H and O–H groups in total. The number of allylic oxidation sites excluding steroid dienone is 3. The molecule has 0 nitrogen and oxygen atoms in total. The fraction of sp³-hybridized carbons (Fsp3) is 0.294. The number of benzene rings is 1. The van der Waals surface area contributed by atoms with Crippen molar-refractivity contribution in [2.45, 2.75) is 34.1 Å². The van der Waals surface area contributed by atoms with Gasteiger partial charge in [0, 0.05) is 9.58 Å². The first-order chi connectivity index (χ1) is 8.74. The molecule has 0 atom stereocenters. The Bertz CT molecular complexity index is 530. The van der Waals surface area contributed by atoms with Gasteiger partial charge in [0.25, 0.3) is 0 Å². The van der Waals surface area contributed by atoms with E-state index in [1.807, 2.05) is 24.3 Å². The van der Waals surface area contributed by atoms with Gasteiger partial charge in [-0.1, -0.05) is 62.8 Å². The van der Waals surface area contributed by atoms with E-state index in [1.165, 1.54) is 26.9 Å². The van der Waals surface area contributed by atoms with Crippen LogP contribution in [0, 0.1) is 6.92 Å². The zero-order valence-electron chi connectivity index (χ0n) is 11.7. The summed E-state index contributed by atoms with van der Waals surface area (Å²) >= 11 is 1.86. The number of rotatable bonds is 2. The molecular formula is C17H22S. The van der Waals surface area contributed by atoms with Crippen molar-refractivity contribution in [1.82, 2.24) is 0 Å². The summed E-state index contributed by atoms with van der Waals surface area (Å²) in [6, 6.07) is 8.56. The predicted octanol–water partition coefficient (Wildman–Crippen LogP) is 6.22. The third-order valence-corrected chi connectivity index (χ3v) is 3.49. The van der Waals surface area contributed by atoms with Gasteiger partial charge < -0.3 is 0 Å². The summed E-state index contributed by atoms with van der Waals surface area (Å²) in [5.74, 6) is 0. The molecule has 0 aliphatic carbocycles. The maximum atomic E-state index is 2.19. The highest BCUT2D eigenvalue weighted by Gasteiger charge is 2.04. The van der Waals surface area contributed by atoms with Gasteiger partial charge in [-0.3, -0.25) is 0 Å². The van der Waals surface area contributed by atoms with Crippen LogP contribution in [0.25, 0.3) is 16.2 Å². The molecule has 2 aromatic rings. The van der Waals surface area contributed by atoms with E-state index in [1.54, 1.807) is 0 Å². The van der Waals surface area contributed by atoms with Crippen molar-refractivity contribution in [3.8, 4) is 0 Å². The lowest BCUT2D eigenvalue weighted by Crippen LogP contribution is -1.70. The molecule has 0 amide bonds. The zero-order valence-corrected chi connectivity index (χ0v) is 12.6. The van der Waals surface area contributed by atoms with Crippen LogP contribution < -0.4 is 0 Å². The average Bonchev–Trinajstić information content (AvgIpc) is 2.67. The lowest BCUT2D eigenvalue weighted by atomic mass is 10.1. The van der Waals surface area contributed by atoms with Crippen LogP contribution in [-0.2, 0) is 0 Å². The topological polar surface area (TPSA) is 0 Å². The molecule has 0 saturated heterocycles. The van der Waals surface area contributed by atoms with Gasteiger partial charge >= 0.3 is 0 Å². The standard InChI is InChI=1S/C14H14S.C3H8/c1-3-4-5-8-12-11(2)15-14-10-7-6-9-13(12)14;1-3-2/h3-10H,1-2H3;3H2,1-2H3/b4-3+,8-5-;. The molecule has 18 heavy (non-hydrogen) atoms. The highest BCUT2D eigenvalue weighted by Crippen LogP contribution is 2.31. The van der Waals surface area contributed by atoms with E-state index in [0.29, 0.717) is 0 Å². The first-order valence-corrected chi connectivity index (χ1v) is 7.33. The van der Waals surface area contributed by atoms with E-state index in [2.05, 4.69) is 63.3 Å². The first-order valence-electron chi connectivity index (χ1n) is 6.52. The minimum atomic E-state index is 1.25. The molecule has 1 heteroatoms. The molecule has 1 aromatic heterocycles. The van der Waals surface area contributed by atoms with Crippen molar-refractivity contribution in [3.05, 3.63) is 52.9 Å². The quantitative estimate of drug-likeness (QED) is 0.561. The fourth-order valence-corrected chi connectivity index (χ4v) is 2.71. The third kappa shape index (κ3) is 3.85. The van der Waals surface area contributed by atoms with E-state index in [-0.39, 0.29) is 0 Å². The molecule has 0 spiro atoms. The van der Waals surface area contributed by atoms with Crippen molar-refractivity contribution in [2.75, 3.05) is 0 Å². The summed E-state index contributed by atoms with van der Waals surface area (Å²) in [5, 5.41) is 1.36. The summed E-state index contributed by atoms with van der Waals surface area (Å²) < 4.78 is 1.37. The molecule has 1 aromatic carbocycles. The minimum Gasteiger partial charge on any atom is -0.140 e. The predicted molar refractivity (Wildman–Crippen MR) is 86.4 cm³/mol. The van der Waals surface area contributed by atoms with Crippen molar-refractivity contribution < 1.29 is 0 Å². The Balaban J connectivity index is 0.000000492. The summed E-state index contributed by atoms with van der Waals surface area (Å²) in [6.07, 6.45) is 9.64. The second-order valence-corrected chi connectivity index (χ2v) is 5.42. The van der Waals surface area contributed by atoms with E-state index < -0.39 is 0 Å². The molecule has 96 valence electrons. The molecule has 0 radical (unpaired) electrons. The maximum Gasteiger partial charge on any atom is 0.0351 e. The van der Waals surface area contributed by atoms with Crippen LogP contribution in [0.1, 0.15) is 37.6 Å². The normalized spacial score (nSPS) is 11.1. The van der Waals surface area contributed by atoms with Crippen LogP contribution in [0.5, 0.6) is 0 Å². The minimum absolute atomic E-state index is 1.25. The maximum absolute atomic E-state index is 2.19. The fourth-order valence-electron chi connectivity index (χ4n) is 1.66. The first kappa shape index (κ1) is 14.7. The van der Waals surface area contributed by atoms with E-state index in [9.17, 15) is 0 Å². The smallest absolute Gasteiger partial charge is 0.0351 e. The van der Waals surface area contributed by atoms with Gasteiger partial charge in [0.05, 0.1) is 0 Å². The van der Waals surface area contributed by atoms with Crippen LogP contribution in [0.4, 0.5) is 0 Å². The van der Waals surface area contributed by atoms with Gasteiger partial charge in [-0.25, -0.2) is 0 Å². The third-order valence-electron chi connectivity index (χ3n) is 2.39. The van der Waals surface area contributed by atoms with Gasteiger partial charge in [-0.15, -0.1) is 11.3 Å². The Morgan fingerprint density at radius 2 is 1.78 bits per heavy atom. The van der Waals surface area contributed by atoms with E-state index in [4.69, 9.17) is 0 Å². The molecule has 0 aliphatic heterocycles. The van der Waals surface area contributed by atoms with Gasteiger partial charge in [0.15, 0.2) is 0 Å². The van der Waals surface area contributed by atoms with Gasteiger partial charge in [0.2, 0.25) is 0 Å². The Morgan fingerprint density at radius 3 is 2.44 bits per heavy atom. The molecule has 0 saturated carbocycles. The lowest BCUT2D eigenvalue weighted by Gasteiger charge is -1.91. The number of hydrogen-bond acceptors (Lipinski definition) is 1. The summed E-state index contributed by atoms with van der Waals surface area (Å²) in [7, 11) is 0. The second-order valence-electron chi connectivity index (χ2n) is 4.16. The SMILES string of the molecule is C/C=C/C=C\c1c(C)sc2ccccc12.CCC. The molecule has 1 heterocycles. The molecule has 0 aliphatic rings. The van der Waals surface area contributed by atoms with Gasteiger partial charge in [-0.2, -0.15) is 0 Å². The Labute approximate surface area is 115 Å². The molecule has 0 fully saturated rings. The summed E-state index contributed by atoms with van der Waals surface area (Å²) in [5.41, 5.74) is 1.36. The van der Waals surface area contributed by atoms with Crippen molar-refractivity contribution >= 4 is 27.5 Å². The zero-order chi connectivity index (χ0) is 13.4. The number of thiophene rings is 1. The largest absolute Gasteiger partial charge is 0.140 e. The lowest BCUT2D eigenvalue weighted by molar-refractivity contribution is 1.09. The van der Waals surface area contributed by atoms with Crippen molar-refractivity contribution in [3.63, 3.8) is 0 Å². The Kier molecular flexibility index (Phi) is 6.45. The Morgan fingerprint density at radius 1 is 1.11 bits per heavy atom. The number of aryl methyl sites for hydroxylation is 1. The summed E-state index contributed by atoms with van der Waals surface area (Å²) in [6.45, 7) is 8.46. The van der Waals surface area contributed by atoms with Gasteiger partial charge in [-0.05, 0) is 30.9 Å². The Hall–Kier alpha value is -1.34. The molecule has 0 bridgehead atoms. The highest BCUT2D eigenvalue weighted by atomic mass is 32.1. The molecular weight excluding hydrogens is 236 g/mol. The van der Waals surface area contributed by atoms with Crippen LogP contribution in [0.3, 0.4) is 0 Å². The van der Waals surface area contributed by atoms with E-state index >= 15 is 0 Å². The van der Waals surface area contributed by atoms with Crippen LogP contribution in [0.2, 0.25) is 0 Å². The van der Waals surface area contributed by atoms with Crippen LogP contribution >= 0.6 is 11.3 Å². The molecule has 0 unspecified atom stereocenters. The van der Waals surface area contributed by atoms with Crippen LogP contribution in [-0.4, -0.2) is 0 Å². The van der Waals surface area contributed by atoms with E-state index in [0.717, 1.165) is 0 Å². The highest BCUT2D eigenvalue weighted by molar-refractivity contribution is 7.19.